The Balaban J connectivity index is -0.000000963. The number of allylic oxidation sites excluding steroid dienone is 3. The topological polar surface area (TPSA) is 12.0 Å². The molecule has 0 radical (unpaired) electrons. The third-order valence-corrected chi connectivity index (χ3v) is 5.12. The van der Waals surface area contributed by atoms with Crippen molar-refractivity contribution in [3.05, 3.63) is 22.5 Å². The molecule has 0 aromatic heterocycles. The quantitative estimate of drug-likeness (QED) is 0.524. The van der Waals surface area contributed by atoms with Crippen LogP contribution in [0.15, 0.2) is 16.5 Å². The molecule has 20 heavy (non-hydrogen) atoms. The van der Waals surface area contributed by atoms with Gasteiger partial charge >= 0.3 is 0 Å². The van der Waals surface area contributed by atoms with Crippen LogP contribution in [0.3, 0.4) is 0 Å². The number of hydrogen-bond donors (Lipinski definition) is 1. The summed E-state index contributed by atoms with van der Waals surface area (Å²) in [5.74, 6) is 0. The first-order chi connectivity index (χ1) is 7.34. The Morgan fingerprint density at radius 2 is 1.45 bits per heavy atom. The first-order valence-corrected chi connectivity index (χ1v) is 10.0. The fourth-order valence-electron chi connectivity index (χ4n) is 2.06. The Morgan fingerprint density at radius 1 is 1.05 bits per heavy atom. The van der Waals surface area contributed by atoms with E-state index in [1.807, 2.05) is 0 Å². The fraction of sp³-hybridized carbons (Fsp3) is 0.733. The van der Waals surface area contributed by atoms with Gasteiger partial charge in [-0.15, -0.1) is 36.1 Å². The minimum Gasteiger partial charge on any atom is -0.458 e. The molecule has 0 fully saturated rings. The van der Waals surface area contributed by atoms with E-state index in [-0.39, 0.29) is 57.5 Å². The molecule has 1 aliphatic rings. The van der Waals surface area contributed by atoms with Crippen LogP contribution in [0.25, 0.3) is 0 Å². The van der Waals surface area contributed by atoms with E-state index in [1.54, 1.807) is 0 Å². The molecule has 1 N–H and O–H groups in total. The van der Waals surface area contributed by atoms with E-state index >= 15 is 0 Å². The van der Waals surface area contributed by atoms with Crippen molar-refractivity contribution in [2.24, 2.45) is 5.41 Å². The summed E-state index contributed by atoms with van der Waals surface area (Å²) in [6, 6.07) is 0. The molecule has 0 amide bonds. The maximum atomic E-state index is 3.73. The van der Waals surface area contributed by atoms with E-state index in [1.165, 1.54) is 16.5 Å². The van der Waals surface area contributed by atoms with Crippen molar-refractivity contribution in [3.63, 3.8) is 0 Å². The van der Waals surface area contributed by atoms with Crippen molar-refractivity contribution in [3.8, 4) is 0 Å². The molecule has 0 saturated carbocycles. The van der Waals surface area contributed by atoms with E-state index in [0.29, 0.717) is 0 Å². The normalized spacial score (nSPS) is 17.6. The Morgan fingerprint density at radius 3 is 1.75 bits per heavy atom. The van der Waals surface area contributed by atoms with Crippen LogP contribution >= 0.6 is 24.8 Å². The van der Waals surface area contributed by atoms with Gasteiger partial charge in [-0.2, -0.15) is 0 Å². The van der Waals surface area contributed by atoms with Gasteiger partial charge in [0.25, 0.3) is 0 Å². The third kappa shape index (κ3) is 6.27. The predicted molar refractivity (Wildman–Crippen MR) is 94.0 cm³/mol. The molecule has 0 spiro atoms. The minimum absolute atomic E-state index is 0. The van der Waals surface area contributed by atoms with E-state index in [2.05, 4.69) is 72.6 Å². The zero-order chi connectivity index (χ0) is 13.6. The van der Waals surface area contributed by atoms with Gasteiger partial charge in [0.05, 0.1) is 0 Å². The largest absolute Gasteiger partial charge is 0.458 e. The summed E-state index contributed by atoms with van der Waals surface area (Å²) in [7, 11) is -1.33. The van der Waals surface area contributed by atoms with Gasteiger partial charge in [-0.05, 0) is 20.8 Å². The van der Waals surface area contributed by atoms with Gasteiger partial charge in [0.2, 0.25) is 0 Å². The molecular formula is C15H30Cl2NSiTi-. The third-order valence-electron chi connectivity index (χ3n) is 3.25. The molecule has 1 aliphatic carbocycles. The minimum atomic E-state index is -1.33. The Labute approximate surface area is 154 Å². The summed E-state index contributed by atoms with van der Waals surface area (Å²) in [5, 5.41) is 5.16. The molecule has 0 saturated heterocycles. The Bertz CT molecular complexity index is 388. The second-order valence-electron chi connectivity index (χ2n) is 7.75. The SMILES string of the molecule is CC1=C(NC(C)(C)C)C([Si](C)(C)C)=[C-]C1(C)C.Cl.Cl.[Ti]. The van der Waals surface area contributed by atoms with Crippen LogP contribution in [0.5, 0.6) is 0 Å². The summed E-state index contributed by atoms with van der Waals surface area (Å²) in [6.07, 6.45) is 3.73. The van der Waals surface area contributed by atoms with Crippen molar-refractivity contribution >= 4 is 32.9 Å². The van der Waals surface area contributed by atoms with Gasteiger partial charge in [-0.1, -0.05) is 45.8 Å². The maximum absolute atomic E-state index is 3.73. The average molecular weight is 371 g/mol. The fourth-order valence-corrected chi connectivity index (χ4v) is 3.75. The molecule has 0 unspecified atom stereocenters. The number of halogens is 2. The molecule has 5 heteroatoms. The molecule has 0 heterocycles. The Hall–Kier alpha value is 0.791. The zero-order valence-corrected chi connectivity index (χ0v) is 18.5. The van der Waals surface area contributed by atoms with E-state index < -0.39 is 8.07 Å². The molecule has 0 aliphatic heterocycles. The molecule has 0 aromatic rings. The molecular weight excluding hydrogens is 341 g/mol. The van der Waals surface area contributed by atoms with Crippen LogP contribution in [0.2, 0.25) is 19.6 Å². The van der Waals surface area contributed by atoms with Crippen LogP contribution in [0.1, 0.15) is 41.5 Å². The number of rotatable bonds is 2. The number of hydrogen-bond acceptors (Lipinski definition) is 1. The monoisotopic (exact) mass is 370 g/mol. The maximum Gasteiger partial charge on any atom is 0.0412 e. The van der Waals surface area contributed by atoms with Crippen LogP contribution in [-0.4, -0.2) is 13.6 Å². The molecule has 1 nitrogen and oxygen atoms in total. The van der Waals surface area contributed by atoms with Crippen LogP contribution in [-0.2, 0) is 21.7 Å². The van der Waals surface area contributed by atoms with Gasteiger partial charge in [0.15, 0.2) is 0 Å². The van der Waals surface area contributed by atoms with Crippen LogP contribution in [0, 0.1) is 11.5 Å². The van der Waals surface area contributed by atoms with E-state index in [4.69, 9.17) is 0 Å². The van der Waals surface area contributed by atoms with Crippen molar-refractivity contribution in [2.75, 3.05) is 0 Å². The van der Waals surface area contributed by atoms with Gasteiger partial charge in [-0.25, -0.2) is 5.20 Å². The van der Waals surface area contributed by atoms with E-state index in [9.17, 15) is 0 Å². The van der Waals surface area contributed by atoms with Crippen molar-refractivity contribution in [1.82, 2.24) is 5.32 Å². The van der Waals surface area contributed by atoms with Gasteiger partial charge < -0.3 is 5.32 Å². The van der Waals surface area contributed by atoms with E-state index in [0.717, 1.165) is 0 Å². The summed E-state index contributed by atoms with van der Waals surface area (Å²) < 4.78 is 0. The van der Waals surface area contributed by atoms with Crippen LogP contribution < -0.4 is 5.32 Å². The zero-order valence-electron chi connectivity index (χ0n) is 14.3. The average Bonchev–Trinajstić information content (AvgIpc) is 2.25. The van der Waals surface area contributed by atoms with Gasteiger partial charge in [0.1, 0.15) is 0 Å². The van der Waals surface area contributed by atoms with Crippen molar-refractivity contribution in [2.45, 2.75) is 66.7 Å². The molecule has 118 valence electrons. The Kier molecular flexibility index (Phi) is 10.1. The second-order valence-corrected chi connectivity index (χ2v) is 12.8. The van der Waals surface area contributed by atoms with Gasteiger partial charge in [0, 0.05) is 35.3 Å². The summed E-state index contributed by atoms with van der Waals surface area (Å²) in [5.41, 5.74) is 3.00. The first kappa shape index (κ1) is 25.7. The van der Waals surface area contributed by atoms with Crippen LogP contribution in [0.4, 0.5) is 0 Å². The summed E-state index contributed by atoms with van der Waals surface area (Å²) >= 11 is 0. The summed E-state index contributed by atoms with van der Waals surface area (Å²) in [4.78, 5) is 0. The molecule has 1 rings (SSSR count). The molecule has 0 aromatic carbocycles. The second kappa shape index (κ2) is 7.87. The van der Waals surface area contributed by atoms with Crippen molar-refractivity contribution < 1.29 is 21.7 Å². The molecule has 0 bridgehead atoms. The van der Waals surface area contributed by atoms with Gasteiger partial charge in [-0.3, -0.25) is 6.08 Å². The first-order valence-electron chi connectivity index (χ1n) is 6.50. The standard InChI is InChI=1S/C15H28NSi.2ClH.Ti/c1-11-13(16-14(2,3)4)12(17(7,8)9)10-15(11,5)6;;;/h16H,1-9H3;2*1H;/q-1;;;. The molecule has 0 atom stereocenters. The number of nitrogens with one attached hydrogen (secondary N) is 1. The van der Waals surface area contributed by atoms with Crippen molar-refractivity contribution in [1.29, 1.82) is 0 Å². The summed E-state index contributed by atoms with van der Waals surface area (Å²) in [6.45, 7) is 20.6. The predicted octanol–water partition coefficient (Wildman–Crippen LogP) is 5.14. The smallest absolute Gasteiger partial charge is 0.0412 e.